The van der Waals surface area contributed by atoms with Gasteiger partial charge in [-0.05, 0) is 434 Å². The van der Waals surface area contributed by atoms with Crippen LogP contribution in [0.2, 0.25) is 0 Å². The third kappa shape index (κ3) is 20.9. The number of hydrogen-bond acceptors (Lipinski definition) is 20. The van der Waals surface area contributed by atoms with Crippen LogP contribution in [0, 0.1) is 156 Å². The molecule has 0 atom stereocenters. The first kappa shape index (κ1) is 105. The normalized spacial score (nSPS) is 16.0. The summed E-state index contributed by atoms with van der Waals surface area (Å²) in [6.07, 6.45) is 7.77. The maximum absolute atomic E-state index is 13.7. The molecule has 0 radical (unpaired) electrons. The quantitative estimate of drug-likeness (QED) is 0.00354. The molecule has 14 rings (SSSR count). The summed E-state index contributed by atoms with van der Waals surface area (Å²) >= 11 is 0. The lowest BCUT2D eigenvalue weighted by molar-refractivity contribution is -0.282. The van der Waals surface area contributed by atoms with Crippen molar-refractivity contribution in [2.24, 2.45) is 17.3 Å². The smallest absolute Gasteiger partial charge is 0.343 e. The predicted octanol–water partition coefficient (Wildman–Crippen LogP) is 26.9. The molecular weight excluding hydrogens is 1800 g/mol. The molecule has 2 saturated carbocycles. The van der Waals surface area contributed by atoms with Crippen LogP contribution in [-0.4, -0.2) is 93.8 Å². The Morgan fingerprint density at radius 3 is 0.657 bits per heavy atom. The third-order valence-electron chi connectivity index (χ3n) is 31.5. The number of ether oxygens (including phenoxy) is 6. The highest BCUT2D eigenvalue weighted by Crippen LogP contribution is 2.62. The monoisotopic (exact) mass is 1940 g/mol. The van der Waals surface area contributed by atoms with Crippen molar-refractivity contribution in [3.63, 3.8) is 0 Å². The fraction of sp³-hybridized carbons (Fsp3) is 0.366. The highest BCUT2D eigenvalue weighted by molar-refractivity contribution is 5.74. The second-order valence-electron chi connectivity index (χ2n) is 41.1. The standard InChI is InChI=1S/C123H140O20/c1-27-140-142-63-138-119-83(21)39-89(59-101(119)115(95-45-77(15)107(128)53-69(95)7)96-46-78(16)108(129)54-70(96)8)122(87-37-81(19)117(136-61-111(132)134-25)99(57-87)113(91-41-73(11)103(124)49-65(91)3)92-42-74(12)104(125)50-66(92)4)33-29-85(30-34-122)121(23,24)86-31-35-123(36-32-86,88-38-82(20)118(137-62-112(133)135-26)100(58-88)114(93-43-75(13)105(126)51-67(93)5)94-44-76(14)106(127)52-68(94)6)90-40-84(22)120(139-64-143-141-28-2)102(60-90)116(97-47-79(17)109(130)55-71(97)9)98-48-80(18)110(131)56-72(98)10/h27-28,37-60,85-86,113-116,124-131H,1-2,29-36,61-64H2,3-26H3. The molecule has 0 heterocycles. The average molecular weight is 1940 g/mol. The second kappa shape index (κ2) is 42.8. The number of carbonyl (C=O) groups is 2. The molecule has 0 saturated heterocycles. The number of esters is 2. The number of hydrogen-bond donors (Lipinski definition) is 8. The van der Waals surface area contributed by atoms with Crippen LogP contribution in [0.25, 0.3) is 0 Å². The minimum atomic E-state index is -0.859. The van der Waals surface area contributed by atoms with Gasteiger partial charge in [-0.15, -0.1) is 9.78 Å². The maximum atomic E-state index is 13.7. The van der Waals surface area contributed by atoms with E-state index in [1.165, 1.54) is 26.7 Å². The van der Waals surface area contributed by atoms with Crippen molar-refractivity contribution in [1.29, 1.82) is 0 Å². The summed E-state index contributed by atoms with van der Waals surface area (Å²) in [4.78, 5) is 49.3. The number of aromatic hydroxyl groups is 8. The van der Waals surface area contributed by atoms with Crippen molar-refractivity contribution in [3.05, 3.63) is 372 Å². The average Bonchev–Trinajstić information content (AvgIpc) is 0.724. The number of rotatable bonds is 34. The fourth-order valence-electron chi connectivity index (χ4n) is 23.3. The van der Waals surface area contributed by atoms with E-state index in [2.05, 4.69) is 89.4 Å². The summed E-state index contributed by atoms with van der Waals surface area (Å²) in [5.74, 6) is -0.287. The van der Waals surface area contributed by atoms with Crippen LogP contribution in [0.1, 0.15) is 289 Å². The molecule has 20 nitrogen and oxygen atoms in total. The molecule has 8 N–H and O–H groups in total. The minimum Gasteiger partial charge on any atom is -0.508 e. The molecule has 0 amide bonds. The van der Waals surface area contributed by atoms with E-state index < -0.39 is 59.7 Å². The number of benzene rings is 12. The van der Waals surface area contributed by atoms with E-state index >= 15 is 0 Å². The molecule has 20 heteroatoms. The van der Waals surface area contributed by atoms with Crippen LogP contribution in [-0.2, 0) is 49.4 Å². The van der Waals surface area contributed by atoms with Crippen molar-refractivity contribution >= 4 is 11.9 Å². The number of phenols is 8. The van der Waals surface area contributed by atoms with Gasteiger partial charge in [0.15, 0.2) is 13.2 Å². The molecular formula is C123H140O20. The van der Waals surface area contributed by atoms with Gasteiger partial charge in [0.2, 0.25) is 13.6 Å². The lowest BCUT2D eigenvalue weighted by atomic mass is 9.52. The number of aryl methyl sites for hydroxylation is 20. The Labute approximate surface area is 842 Å². The zero-order chi connectivity index (χ0) is 104. The van der Waals surface area contributed by atoms with Gasteiger partial charge < -0.3 is 79.0 Å². The zero-order valence-corrected chi connectivity index (χ0v) is 87.4. The van der Waals surface area contributed by atoms with Crippen LogP contribution in [0.15, 0.2) is 171 Å². The van der Waals surface area contributed by atoms with Gasteiger partial charge in [0.1, 0.15) is 81.5 Å². The molecule has 0 bridgehead atoms. The molecule has 12 aromatic rings. The van der Waals surface area contributed by atoms with Crippen LogP contribution in [0.4, 0.5) is 0 Å². The fourth-order valence-corrected chi connectivity index (χ4v) is 23.3. The van der Waals surface area contributed by atoms with E-state index in [1.807, 2.05) is 173 Å². The summed E-state index contributed by atoms with van der Waals surface area (Å²) in [6.45, 7) is 50.2. The van der Waals surface area contributed by atoms with E-state index in [9.17, 15) is 50.4 Å². The van der Waals surface area contributed by atoms with Gasteiger partial charge in [0.05, 0.1) is 14.2 Å². The van der Waals surface area contributed by atoms with Gasteiger partial charge in [-0.25, -0.2) is 9.59 Å². The first-order valence-electron chi connectivity index (χ1n) is 49.2. The van der Waals surface area contributed by atoms with E-state index in [4.69, 9.17) is 48.0 Å². The van der Waals surface area contributed by atoms with E-state index in [0.717, 1.165) is 181 Å². The largest absolute Gasteiger partial charge is 0.508 e. The van der Waals surface area contributed by atoms with Crippen LogP contribution < -0.4 is 18.9 Å². The topological polar surface area (TPSA) is 288 Å². The van der Waals surface area contributed by atoms with Crippen molar-refractivity contribution in [3.8, 4) is 69.0 Å². The highest BCUT2D eigenvalue weighted by Gasteiger charge is 2.51. The van der Waals surface area contributed by atoms with Crippen LogP contribution in [0.5, 0.6) is 69.0 Å². The summed E-state index contributed by atoms with van der Waals surface area (Å²) < 4.78 is 38.3. The van der Waals surface area contributed by atoms with E-state index in [0.29, 0.717) is 93.2 Å². The molecule has 0 unspecified atom stereocenters. The van der Waals surface area contributed by atoms with Crippen LogP contribution in [0.3, 0.4) is 0 Å². The molecule has 2 fully saturated rings. The van der Waals surface area contributed by atoms with Crippen molar-refractivity contribution in [2.45, 2.75) is 238 Å². The third-order valence-corrected chi connectivity index (χ3v) is 31.5. The number of methoxy groups -OCH3 is 2. The van der Waals surface area contributed by atoms with E-state index in [1.54, 1.807) is 48.5 Å². The SMILES string of the molecule is C=COOCOc1c(C)cc(C2(c3cc(C)c(OCC(=O)OC)c(C(c4cc(C)c(O)cc4C)c4cc(C)c(O)cc4C)c3)CCC(C(C)(C)C3CCC(c4cc(C)c(OCOOC=C)c(C(c5cc(C)c(O)cc5C)c5cc(C)c(O)cc5C)c4)(c4cc(C)c(OCC(=O)OC)c(C(c5cc(C)c(O)cc5C)c5cc(C)c(O)cc5C)c4)CC3)CC2)cc1C(c1cc(C)c(O)cc1C)c1cc(C)c(O)cc1C. The van der Waals surface area contributed by atoms with Gasteiger partial charge in [0, 0.05) is 56.8 Å². The highest BCUT2D eigenvalue weighted by atomic mass is 17.2. The maximum Gasteiger partial charge on any atom is 0.343 e. The van der Waals surface area contributed by atoms with Gasteiger partial charge in [0.25, 0.3) is 0 Å². The van der Waals surface area contributed by atoms with Crippen molar-refractivity contribution in [1.82, 2.24) is 0 Å². The Morgan fingerprint density at radius 2 is 0.476 bits per heavy atom. The Balaban J connectivity index is 1.01. The first-order chi connectivity index (χ1) is 67.8. The predicted molar refractivity (Wildman–Crippen MR) is 559 cm³/mol. The zero-order valence-electron chi connectivity index (χ0n) is 87.4. The number of phenolic OH excluding ortho intramolecular Hbond substituents is 8. The van der Waals surface area contributed by atoms with Gasteiger partial charge >= 0.3 is 11.9 Å². The lowest BCUT2D eigenvalue weighted by Crippen LogP contribution is -2.43. The van der Waals surface area contributed by atoms with Crippen LogP contribution >= 0.6 is 0 Å². The molecule has 12 aromatic carbocycles. The van der Waals surface area contributed by atoms with Gasteiger partial charge in [-0.1, -0.05) is 124 Å². The van der Waals surface area contributed by atoms with Crippen molar-refractivity contribution in [2.75, 3.05) is 41.0 Å². The first-order valence-corrected chi connectivity index (χ1v) is 49.2. The molecule has 0 spiro atoms. The second-order valence-corrected chi connectivity index (χ2v) is 41.1. The summed E-state index contributed by atoms with van der Waals surface area (Å²) in [7, 11) is 2.68. The van der Waals surface area contributed by atoms with Crippen molar-refractivity contribution < 1.29 is 98.4 Å². The van der Waals surface area contributed by atoms with Gasteiger partial charge in [-0.3, -0.25) is 0 Å². The van der Waals surface area contributed by atoms with E-state index in [-0.39, 0.29) is 76.8 Å². The Bertz CT molecular complexity index is 6270. The summed E-state index contributed by atoms with van der Waals surface area (Å²) in [5.41, 5.74) is 26.8. The Hall–Kier alpha value is -13.8. The molecule has 0 aromatic heterocycles. The summed E-state index contributed by atoms with van der Waals surface area (Å²) in [6, 6.07) is 48.8. The molecule has 143 heavy (non-hydrogen) atoms. The molecule has 2 aliphatic rings. The number of carbonyl (C=O) groups excluding carboxylic acids is 2. The molecule has 2 aliphatic carbocycles. The Morgan fingerprint density at radius 1 is 0.287 bits per heavy atom. The minimum absolute atomic E-state index is 0.0970. The molecule has 0 aliphatic heterocycles. The molecule has 752 valence electrons. The Kier molecular flexibility index (Phi) is 31.4. The van der Waals surface area contributed by atoms with Gasteiger partial charge in [-0.2, -0.15) is 0 Å². The summed E-state index contributed by atoms with van der Waals surface area (Å²) in [5, 5.41) is 92.6. The lowest BCUT2D eigenvalue weighted by Gasteiger charge is -2.52.